The van der Waals surface area contributed by atoms with E-state index in [2.05, 4.69) is 42.0 Å². The van der Waals surface area contributed by atoms with Crippen molar-refractivity contribution in [2.45, 2.75) is 77.6 Å². The van der Waals surface area contributed by atoms with Gasteiger partial charge in [0.05, 0.1) is 5.69 Å². The van der Waals surface area contributed by atoms with Gasteiger partial charge < -0.3 is 4.98 Å². The lowest BCUT2D eigenvalue weighted by Gasteiger charge is -2.21. The fraction of sp³-hybridized carbons (Fsp3) is 0.480. The number of hydrogen-bond acceptors (Lipinski definition) is 4. The fourth-order valence-corrected chi connectivity index (χ4v) is 7.29. The van der Waals surface area contributed by atoms with Crippen molar-refractivity contribution in [2.24, 2.45) is 0 Å². The molecule has 0 atom stereocenters. The summed E-state index contributed by atoms with van der Waals surface area (Å²) in [5, 5.41) is 5.87. The second kappa shape index (κ2) is 7.02. The lowest BCUT2D eigenvalue weighted by atomic mass is 9.85. The van der Waals surface area contributed by atoms with Gasteiger partial charge in [0, 0.05) is 40.4 Å². The number of ketones is 1. The molecule has 6 rings (SSSR count). The highest BCUT2D eigenvalue weighted by molar-refractivity contribution is 7.19. The van der Waals surface area contributed by atoms with Gasteiger partial charge in [-0.15, -0.1) is 11.3 Å². The van der Waals surface area contributed by atoms with Gasteiger partial charge in [-0.25, -0.2) is 9.50 Å². The first-order valence-corrected chi connectivity index (χ1v) is 12.4. The first-order chi connectivity index (χ1) is 15.0. The third-order valence-corrected chi connectivity index (χ3v) is 8.73. The molecule has 4 heterocycles. The number of pyridine rings is 1. The smallest absolute Gasteiger partial charge is 0.158 e. The first-order valence-electron chi connectivity index (χ1n) is 11.5. The third-order valence-electron chi connectivity index (χ3n) is 7.36. The maximum Gasteiger partial charge on any atom is 0.158 e. The van der Waals surface area contributed by atoms with Crippen LogP contribution in [-0.4, -0.2) is 25.4 Å². The van der Waals surface area contributed by atoms with E-state index in [1.807, 2.05) is 15.9 Å². The zero-order chi connectivity index (χ0) is 21.3. The molecule has 4 aromatic rings. The molecular formula is C25H28N4OS. The molecule has 5 nitrogen and oxygen atoms in total. The van der Waals surface area contributed by atoms with Gasteiger partial charge in [-0.1, -0.05) is 13.8 Å². The molecule has 160 valence electrons. The Kier molecular flexibility index (Phi) is 4.36. The Morgan fingerprint density at radius 2 is 1.94 bits per heavy atom. The number of fused-ring (bicyclic) bond motifs is 4. The van der Waals surface area contributed by atoms with Gasteiger partial charge >= 0.3 is 0 Å². The largest absolute Gasteiger partial charge is 0.346 e. The lowest BCUT2D eigenvalue weighted by molar-refractivity contribution is -0.120. The van der Waals surface area contributed by atoms with Gasteiger partial charge in [0.25, 0.3) is 0 Å². The molecular weight excluding hydrogens is 404 g/mol. The van der Waals surface area contributed by atoms with Crippen molar-refractivity contribution in [3.63, 3.8) is 0 Å². The molecule has 0 spiro atoms. The molecule has 0 amide bonds. The van der Waals surface area contributed by atoms with Crippen molar-refractivity contribution in [1.29, 1.82) is 0 Å². The van der Waals surface area contributed by atoms with E-state index in [-0.39, 0.29) is 0 Å². The summed E-state index contributed by atoms with van der Waals surface area (Å²) in [7, 11) is 0. The Morgan fingerprint density at radius 3 is 2.71 bits per heavy atom. The summed E-state index contributed by atoms with van der Waals surface area (Å²) >= 11 is 1.92. The molecule has 31 heavy (non-hydrogen) atoms. The van der Waals surface area contributed by atoms with Crippen LogP contribution in [0.4, 0.5) is 0 Å². The van der Waals surface area contributed by atoms with Gasteiger partial charge in [-0.05, 0) is 67.6 Å². The molecule has 2 aliphatic rings. The highest BCUT2D eigenvalue weighted by Crippen LogP contribution is 2.47. The highest BCUT2D eigenvalue weighted by atomic mass is 32.1. The highest BCUT2D eigenvalue weighted by Gasteiger charge is 2.29. The average Bonchev–Trinajstić information content (AvgIpc) is 3.51. The van der Waals surface area contributed by atoms with E-state index in [9.17, 15) is 4.79 Å². The molecule has 1 N–H and O–H groups in total. The molecule has 6 heteroatoms. The number of thiophene rings is 1. The van der Waals surface area contributed by atoms with E-state index in [4.69, 9.17) is 0 Å². The summed E-state index contributed by atoms with van der Waals surface area (Å²) in [5.74, 6) is 1.38. The zero-order valence-electron chi connectivity index (χ0n) is 18.4. The van der Waals surface area contributed by atoms with Crippen LogP contribution in [0.1, 0.15) is 84.9 Å². The summed E-state index contributed by atoms with van der Waals surface area (Å²) in [4.78, 5) is 22.9. The molecule has 0 saturated heterocycles. The number of aryl methyl sites for hydroxylation is 2. The van der Waals surface area contributed by atoms with Gasteiger partial charge in [0.15, 0.2) is 5.65 Å². The minimum absolute atomic E-state index is 0.418. The van der Waals surface area contributed by atoms with Gasteiger partial charge in [0.1, 0.15) is 16.9 Å². The van der Waals surface area contributed by atoms with Crippen LogP contribution in [0.5, 0.6) is 0 Å². The maximum atomic E-state index is 11.7. The summed E-state index contributed by atoms with van der Waals surface area (Å²) < 4.78 is 1.95. The maximum absolute atomic E-state index is 11.7. The number of nitrogens with one attached hydrogen (secondary N) is 1. The van der Waals surface area contributed by atoms with Crippen LogP contribution in [0.2, 0.25) is 0 Å². The Hall–Kier alpha value is -2.47. The molecule has 0 radical (unpaired) electrons. The van der Waals surface area contributed by atoms with Gasteiger partial charge in [-0.2, -0.15) is 5.10 Å². The van der Waals surface area contributed by atoms with Crippen LogP contribution in [-0.2, 0) is 17.6 Å². The minimum atomic E-state index is 0.418. The quantitative estimate of drug-likeness (QED) is 0.426. The van der Waals surface area contributed by atoms with E-state index in [0.717, 1.165) is 44.2 Å². The SMILES string of the molecule is Cc1c(C2CCC(=O)CC2)sc2[nH]c(-c3cn4ncnc4c4c3CCC4)c(C(C)C)c12. The third kappa shape index (κ3) is 2.84. The van der Waals surface area contributed by atoms with Crippen molar-refractivity contribution < 1.29 is 4.79 Å². The Labute approximate surface area is 185 Å². The molecule has 0 aliphatic heterocycles. The molecule has 2 aliphatic carbocycles. The molecule has 0 unspecified atom stereocenters. The first kappa shape index (κ1) is 19.2. The number of rotatable bonds is 3. The number of carbonyl (C=O) groups is 1. The Morgan fingerprint density at radius 1 is 1.16 bits per heavy atom. The minimum Gasteiger partial charge on any atom is -0.346 e. The summed E-state index contributed by atoms with van der Waals surface area (Å²) in [5.41, 5.74) is 9.23. The summed E-state index contributed by atoms with van der Waals surface area (Å²) in [6.07, 6.45) is 10.7. The van der Waals surface area contributed by atoms with Crippen molar-refractivity contribution >= 4 is 33.0 Å². The van der Waals surface area contributed by atoms with Crippen LogP contribution in [0.15, 0.2) is 12.5 Å². The average molecular weight is 433 g/mol. The van der Waals surface area contributed by atoms with Gasteiger partial charge in [-0.3, -0.25) is 4.79 Å². The Bertz CT molecular complexity index is 1330. The summed E-state index contributed by atoms with van der Waals surface area (Å²) in [6, 6.07) is 0. The molecule has 1 saturated carbocycles. The predicted octanol–water partition coefficient (Wildman–Crippen LogP) is 6.09. The van der Waals surface area contributed by atoms with E-state index < -0.39 is 0 Å². The number of aromatic nitrogens is 4. The van der Waals surface area contributed by atoms with Crippen molar-refractivity contribution in [1.82, 2.24) is 19.6 Å². The van der Waals surface area contributed by atoms with Crippen LogP contribution < -0.4 is 0 Å². The number of aromatic amines is 1. The van der Waals surface area contributed by atoms with Crippen molar-refractivity contribution in [2.75, 3.05) is 0 Å². The standard InChI is InChI=1S/C25H28N4OS/c1-13(2)20-21-14(3)23(15-7-9-16(30)10-8-15)31-25(21)28-22(20)19-11-29-24(26-12-27-29)18-6-4-5-17(18)19/h11-13,15,28H,4-10H2,1-3H3. The second-order valence-electron chi connectivity index (χ2n) is 9.56. The number of H-pyrrole nitrogens is 1. The predicted molar refractivity (Wildman–Crippen MR) is 125 cm³/mol. The lowest BCUT2D eigenvalue weighted by Crippen LogP contribution is -2.12. The fourth-order valence-electron chi connectivity index (χ4n) is 5.89. The van der Waals surface area contributed by atoms with Crippen LogP contribution in [0.3, 0.4) is 0 Å². The van der Waals surface area contributed by atoms with E-state index >= 15 is 0 Å². The van der Waals surface area contributed by atoms with E-state index in [1.54, 1.807) is 6.33 Å². The van der Waals surface area contributed by atoms with Crippen LogP contribution >= 0.6 is 11.3 Å². The topological polar surface area (TPSA) is 63.0 Å². The normalized spacial score (nSPS) is 17.5. The molecule has 0 bridgehead atoms. The molecule has 1 fully saturated rings. The number of hydrogen-bond donors (Lipinski definition) is 1. The van der Waals surface area contributed by atoms with Crippen LogP contribution in [0, 0.1) is 6.92 Å². The van der Waals surface area contributed by atoms with E-state index in [0.29, 0.717) is 17.6 Å². The van der Waals surface area contributed by atoms with E-state index in [1.165, 1.54) is 55.0 Å². The van der Waals surface area contributed by atoms with Crippen molar-refractivity contribution in [3.05, 3.63) is 39.7 Å². The zero-order valence-corrected chi connectivity index (χ0v) is 19.2. The number of nitrogens with zero attached hydrogens (tertiary/aromatic N) is 3. The van der Waals surface area contributed by atoms with Crippen LogP contribution in [0.25, 0.3) is 27.1 Å². The number of carbonyl (C=O) groups excluding carboxylic acids is 1. The second-order valence-corrected chi connectivity index (χ2v) is 10.6. The molecule has 4 aromatic heterocycles. The van der Waals surface area contributed by atoms with Gasteiger partial charge in [0.2, 0.25) is 0 Å². The Balaban J connectivity index is 1.55. The van der Waals surface area contributed by atoms with Crippen molar-refractivity contribution in [3.8, 4) is 11.3 Å². The summed E-state index contributed by atoms with van der Waals surface area (Å²) in [6.45, 7) is 6.89. The monoisotopic (exact) mass is 432 g/mol. The molecule has 0 aromatic carbocycles. The number of Topliss-reactive ketones (excluding diaryl/α,β-unsaturated/α-hetero) is 1.